The molecular formula is C27H22N2O6. The maximum atomic E-state index is 12.7. The molecule has 1 atom stereocenters. The molecule has 0 bridgehead atoms. The minimum atomic E-state index is -1.22. The molecule has 3 aromatic rings. The summed E-state index contributed by atoms with van der Waals surface area (Å²) >= 11 is 0. The van der Waals surface area contributed by atoms with Gasteiger partial charge >= 0.3 is 12.1 Å². The van der Waals surface area contributed by atoms with E-state index in [1.165, 1.54) is 6.07 Å². The molecule has 8 heteroatoms. The van der Waals surface area contributed by atoms with Crippen molar-refractivity contribution >= 4 is 23.7 Å². The SMILES string of the molecule is C#CCC(NC(=O)OCC1c2ccccc2-c2ccccc21)C(=O)Nc1cc(C(=O)O)ccc1O. The second kappa shape index (κ2) is 10.0. The van der Waals surface area contributed by atoms with Crippen LogP contribution in [0.4, 0.5) is 10.5 Å². The molecule has 0 spiro atoms. The predicted octanol–water partition coefficient (Wildman–Crippen LogP) is 3.96. The Morgan fingerprint density at radius 1 is 1.00 bits per heavy atom. The van der Waals surface area contributed by atoms with Gasteiger partial charge in [-0.3, -0.25) is 4.79 Å². The van der Waals surface area contributed by atoms with Crippen LogP contribution in [0.15, 0.2) is 66.7 Å². The number of hydrogen-bond donors (Lipinski definition) is 4. The van der Waals surface area contributed by atoms with Gasteiger partial charge in [-0.1, -0.05) is 48.5 Å². The van der Waals surface area contributed by atoms with E-state index in [0.717, 1.165) is 34.4 Å². The van der Waals surface area contributed by atoms with Crippen LogP contribution in [-0.2, 0) is 9.53 Å². The Labute approximate surface area is 201 Å². The molecule has 0 aliphatic heterocycles. The molecule has 3 aromatic carbocycles. The summed E-state index contributed by atoms with van der Waals surface area (Å²) in [4.78, 5) is 36.5. The number of carboxylic acids is 1. The molecule has 4 N–H and O–H groups in total. The molecule has 8 nitrogen and oxygen atoms in total. The van der Waals surface area contributed by atoms with E-state index in [1.807, 2.05) is 48.5 Å². The number of aromatic hydroxyl groups is 1. The van der Waals surface area contributed by atoms with Crippen molar-refractivity contribution in [2.75, 3.05) is 11.9 Å². The summed E-state index contributed by atoms with van der Waals surface area (Å²) in [5, 5.41) is 23.9. The third-order valence-corrected chi connectivity index (χ3v) is 5.78. The molecule has 0 fully saturated rings. The van der Waals surface area contributed by atoms with Gasteiger partial charge in [0.1, 0.15) is 18.4 Å². The third-order valence-electron chi connectivity index (χ3n) is 5.78. The van der Waals surface area contributed by atoms with E-state index in [1.54, 1.807) is 0 Å². The van der Waals surface area contributed by atoms with Gasteiger partial charge in [-0.2, -0.15) is 0 Å². The first-order valence-electron chi connectivity index (χ1n) is 10.8. The first-order valence-corrected chi connectivity index (χ1v) is 10.8. The summed E-state index contributed by atoms with van der Waals surface area (Å²) in [7, 11) is 0. The van der Waals surface area contributed by atoms with Gasteiger partial charge in [-0.05, 0) is 40.5 Å². The van der Waals surface area contributed by atoms with Crippen molar-refractivity contribution < 1.29 is 29.3 Å². The zero-order chi connectivity index (χ0) is 24.9. The minimum absolute atomic E-state index is 0.0612. The maximum absolute atomic E-state index is 12.7. The number of rotatable bonds is 7. The summed E-state index contributed by atoms with van der Waals surface area (Å²) in [5.74, 6) is -0.111. The van der Waals surface area contributed by atoms with E-state index in [-0.39, 0.29) is 35.9 Å². The normalized spacial score (nSPS) is 12.5. The highest BCUT2D eigenvalue weighted by Gasteiger charge is 2.30. The monoisotopic (exact) mass is 470 g/mol. The standard InChI is InChI=1S/C27H22N2O6/c1-2-7-22(25(31)28-23-14-16(26(32)33)12-13-24(23)30)29-27(34)35-15-21-19-10-5-3-8-17(19)18-9-4-6-11-20(18)21/h1,3-6,8-14,21-22,30H,7,15H2,(H,28,31)(H,29,34)(H,32,33). The lowest BCUT2D eigenvalue weighted by Crippen LogP contribution is -2.44. The summed E-state index contributed by atoms with van der Waals surface area (Å²) < 4.78 is 5.47. The Morgan fingerprint density at radius 2 is 1.63 bits per heavy atom. The molecule has 1 aliphatic rings. The molecule has 0 heterocycles. The van der Waals surface area contributed by atoms with Crippen molar-refractivity contribution in [1.29, 1.82) is 0 Å². The highest BCUT2D eigenvalue weighted by molar-refractivity contribution is 5.99. The number of phenols is 1. The molecule has 4 rings (SSSR count). The quantitative estimate of drug-likeness (QED) is 0.306. The number of terminal acetylenes is 1. The Kier molecular flexibility index (Phi) is 6.69. The largest absolute Gasteiger partial charge is 0.506 e. The molecule has 1 unspecified atom stereocenters. The first-order chi connectivity index (χ1) is 16.9. The minimum Gasteiger partial charge on any atom is -0.506 e. The number of aromatic carboxylic acids is 1. The number of hydrogen-bond acceptors (Lipinski definition) is 5. The van der Waals surface area contributed by atoms with E-state index in [2.05, 4.69) is 16.6 Å². The highest BCUT2D eigenvalue weighted by atomic mass is 16.5. The number of phenolic OH excluding ortho intramolecular Hbond substituents is 1. The average molecular weight is 470 g/mol. The fourth-order valence-electron chi connectivity index (χ4n) is 4.10. The van der Waals surface area contributed by atoms with Crippen molar-refractivity contribution in [3.8, 4) is 29.2 Å². The summed E-state index contributed by atoms with van der Waals surface area (Å²) in [6.45, 7) is 0.0612. The molecule has 0 saturated heterocycles. The molecule has 176 valence electrons. The van der Waals surface area contributed by atoms with Crippen LogP contribution in [0.3, 0.4) is 0 Å². The van der Waals surface area contributed by atoms with Gasteiger partial charge in [0, 0.05) is 12.3 Å². The van der Waals surface area contributed by atoms with Crippen molar-refractivity contribution in [3.63, 3.8) is 0 Å². The van der Waals surface area contributed by atoms with Crippen LogP contribution < -0.4 is 10.6 Å². The van der Waals surface area contributed by atoms with Gasteiger partial charge in [0.25, 0.3) is 0 Å². The second-order valence-electron chi connectivity index (χ2n) is 7.96. The van der Waals surface area contributed by atoms with Gasteiger partial charge < -0.3 is 25.6 Å². The molecular weight excluding hydrogens is 448 g/mol. The van der Waals surface area contributed by atoms with E-state index < -0.39 is 24.0 Å². The van der Waals surface area contributed by atoms with Crippen LogP contribution in [-0.4, -0.2) is 40.8 Å². The van der Waals surface area contributed by atoms with Crippen LogP contribution in [0.2, 0.25) is 0 Å². The topological polar surface area (TPSA) is 125 Å². The van der Waals surface area contributed by atoms with E-state index in [0.29, 0.717) is 0 Å². The smallest absolute Gasteiger partial charge is 0.407 e. The number of carbonyl (C=O) groups excluding carboxylic acids is 2. The number of alkyl carbamates (subject to hydrolysis) is 1. The molecule has 0 saturated carbocycles. The van der Waals surface area contributed by atoms with Crippen molar-refractivity contribution in [1.82, 2.24) is 5.32 Å². The van der Waals surface area contributed by atoms with Crippen molar-refractivity contribution in [3.05, 3.63) is 83.4 Å². The molecule has 0 radical (unpaired) electrons. The lowest BCUT2D eigenvalue weighted by molar-refractivity contribution is -0.118. The van der Waals surface area contributed by atoms with Crippen molar-refractivity contribution in [2.24, 2.45) is 0 Å². The molecule has 2 amide bonds. The Balaban J connectivity index is 1.43. The van der Waals surface area contributed by atoms with E-state index in [9.17, 15) is 19.5 Å². The summed E-state index contributed by atoms with van der Waals surface area (Å²) in [6.07, 6.45) is 4.39. The van der Waals surface area contributed by atoms with Gasteiger partial charge in [0.05, 0.1) is 11.3 Å². The fourth-order valence-corrected chi connectivity index (χ4v) is 4.10. The van der Waals surface area contributed by atoms with Crippen LogP contribution in [0.5, 0.6) is 5.75 Å². The van der Waals surface area contributed by atoms with Gasteiger partial charge in [-0.15, -0.1) is 12.3 Å². The number of fused-ring (bicyclic) bond motifs is 3. The van der Waals surface area contributed by atoms with Gasteiger partial charge in [-0.25, -0.2) is 9.59 Å². The molecule has 35 heavy (non-hydrogen) atoms. The number of ether oxygens (including phenoxy) is 1. The van der Waals surface area contributed by atoms with Crippen LogP contribution in [0, 0.1) is 12.3 Å². The lowest BCUT2D eigenvalue weighted by Gasteiger charge is -2.19. The Morgan fingerprint density at radius 3 is 2.23 bits per heavy atom. The predicted molar refractivity (Wildman–Crippen MR) is 129 cm³/mol. The maximum Gasteiger partial charge on any atom is 0.407 e. The third kappa shape index (κ3) is 4.94. The molecule has 1 aliphatic carbocycles. The number of carbonyl (C=O) groups is 3. The number of benzene rings is 3. The van der Waals surface area contributed by atoms with E-state index in [4.69, 9.17) is 16.3 Å². The number of anilines is 1. The Bertz CT molecular complexity index is 1300. The molecule has 0 aromatic heterocycles. The first kappa shape index (κ1) is 23.4. The van der Waals surface area contributed by atoms with Gasteiger partial charge in [0.2, 0.25) is 5.91 Å². The van der Waals surface area contributed by atoms with Crippen molar-refractivity contribution in [2.45, 2.75) is 18.4 Å². The van der Waals surface area contributed by atoms with Crippen LogP contribution >= 0.6 is 0 Å². The van der Waals surface area contributed by atoms with Crippen LogP contribution in [0.1, 0.15) is 33.8 Å². The lowest BCUT2D eigenvalue weighted by atomic mass is 9.98. The zero-order valence-corrected chi connectivity index (χ0v) is 18.5. The summed E-state index contributed by atoms with van der Waals surface area (Å²) in [6, 6.07) is 18.1. The van der Waals surface area contributed by atoms with Gasteiger partial charge in [0.15, 0.2) is 0 Å². The zero-order valence-electron chi connectivity index (χ0n) is 18.5. The van der Waals surface area contributed by atoms with Crippen LogP contribution in [0.25, 0.3) is 11.1 Å². The van der Waals surface area contributed by atoms with E-state index >= 15 is 0 Å². The second-order valence-corrected chi connectivity index (χ2v) is 7.96. The Hall–Kier alpha value is -4.77. The number of carboxylic acid groups (broad SMARTS) is 1. The average Bonchev–Trinajstić information content (AvgIpc) is 3.17. The summed E-state index contributed by atoms with van der Waals surface area (Å²) in [5.41, 5.74) is 4.03. The number of nitrogens with one attached hydrogen (secondary N) is 2. The highest BCUT2D eigenvalue weighted by Crippen LogP contribution is 2.44. The fraction of sp³-hybridized carbons (Fsp3) is 0.148. The number of amides is 2.